The molecular formula is C16H21N3O3. The number of amides is 1. The van der Waals surface area contributed by atoms with Gasteiger partial charge in [0.15, 0.2) is 0 Å². The first kappa shape index (κ1) is 15.9. The van der Waals surface area contributed by atoms with Crippen molar-refractivity contribution in [2.75, 3.05) is 33.0 Å². The number of nitrogens with one attached hydrogen (secondary N) is 1. The third kappa shape index (κ3) is 4.53. The van der Waals surface area contributed by atoms with E-state index in [2.05, 4.69) is 5.32 Å². The first-order valence-corrected chi connectivity index (χ1v) is 7.04. The first-order chi connectivity index (χ1) is 10.6. The molecule has 2 rings (SSSR count). The number of rotatable bonds is 7. The number of hydrogen-bond acceptors (Lipinski definition) is 5. The number of carbonyl (C=O) groups excluding carboxylic acids is 1. The Bertz CT molecular complexity index is 609. The Morgan fingerprint density at radius 2 is 2.18 bits per heavy atom. The van der Waals surface area contributed by atoms with Crippen LogP contribution in [0.2, 0.25) is 0 Å². The van der Waals surface area contributed by atoms with Crippen molar-refractivity contribution in [1.82, 2.24) is 10.2 Å². The zero-order valence-corrected chi connectivity index (χ0v) is 12.8. The molecule has 118 valence electrons. The third-order valence-electron chi connectivity index (χ3n) is 3.07. The van der Waals surface area contributed by atoms with Gasteiger partial charge >= 0.3 is 0 Å². The summed E-state index contributed by atoms with van der Waals surface area (Å²) in [5, 5.41) is 2.77. The Labute approximate surface area is 129 Å². The van der Waals surface area contributed by atoms with E-state index in [-0.39, 0.29) is 5.91 Å². The van der Waals surface area contributed by atoms with Crippen LogP contribution in [0.1, 0.15) is 16.1 Å². The smallest absolute Gasteiger partial charge is 0.251 e. The minimum absolute atomic E-state index is 0.206. The van der Waals surface area contributed by atoms with Gasteiger partial charge in [0.25, 0.3) is 5.91 Å². The molecule has 1 aromatic heterocycles. The molecule has 0 atom stereocenters. The molecule has 1 heterocycles. The monoisotopic (exact) mass is 303 g/mol. The fraction of sp³-hybridized carbons (Fsp3) is 0.312. The Morgan fingerprint density at radius 1 is 1.36 bits per heavy atom. The predicted molar refractivity (Wildman–Crippen MR) is 84.8 cm³/mol. The van der Waals surface area contributed by atoms with E-state index in [4.69, 9.17) is 14.9 Å². The standard InChI is InChI=1S/C16H21N3O3/c1-19(2)7-9-22-15-6-5-12(10-14(15)17)16(20)18-11-13-4-3-8-21-13/h3-6,8,10H,7,9,11,17H2,1-2H3,(H,18,20). The maximum atomic E-state index is 12.1. The molecule has 0 unspecified atom stereocenters. The van der Waals surface area contributed by atoms with Gasteiger partial charge < -0.3 is 25.1 Å². The molecule has 0 bridgehead atoms. The van der Waals surface area contributed by atoms with Gasteiger partial charge in [0.1, 0.15) is 18.1 Å². The summed E-state index contributed by atoms with van der Waals surface area (Å²) in [6.45, 7) is 1.68. The van der Waals surface area contributed by atoms with Crippen molar-refractivity contribution in [3.63, 3.8) is 0 Å². The quantitative estimate of drug-likeness (QED) is 0.761. The fourth-order valence-corrected chi connectivity index (χ4v) is 1.84. The first-order valence-electron chi connectivity index (χ1n) is 7.04. The maximum absolute atomic E-state index is 12.1. The molecule has 0 fully saturated rings. The van der Waals surface area contributed by atoms with E-state index in [1.165, 1.54) is 0 Å². The van der Waals surface area contributed by atoms with E-state index < -0.39 is 0 Å². The number of benzene rings is 1. The van der Waals surface area contributed by atoms with Gasteiger partial charge in [-0.1, -0.05) is 0 Å². The zero-order chi connectivity index (χ0) is 15.9. The lowest BCUT2D eigenvalue weighted by Gasteiger charge is -2.13. The number of nitrogens with zero attached hydrogens (tertiary/aromatic N) is 1. The average Bonchev–Trinajstić information content (AvgIpc) is 2.99. The van der Waals surface area contributed by atoms with Crippen LogP contribution in [-0.2, 0) is 6.54 Å². The average molecular weight is 303 g/mol. The van der Waals surface area contributed by atoms with E-state index in [9.17, 15) is 4.79 Å². The largest absolute Gasteiger partial charge is 0.490 e. The molecule has 1 amide bonds. The second-order valence-electron chi connectivity index (χ2n) is 5.17. The van der Waals surface area contributed by atoms with Crippen molar-refractivity contribution in [3.8, 4) is 5.75 Å². The van der Waals surface area contributed by atoms with Gasteiger partial charge in [0.05, 0.1) is 18.5 Å². The van der Waals surface area contributed by atoms with Crippen molar-refractivity contribution < 1.29 is 13.9 Å². The summed E-state index contributed by atoms with van der Waals surface area (Å²) >= 11 is 0. The van der Waals surface area contributed by atoms with Crippen molar-refractivity contribution in [3.05, 3.63) is 47.9 Å². The SMILES string of the molecule is CN(C)CCOc1ccc(C(=O)NCc2ccco2)cc1N. The molecule has 1 aromatic carbocycles. The molecule has 0 spiro atoms. The molecule has 0 aliphatic heterocycles. The summed E-state index contributed by atoms with van der Waals surface area (Å²) in [7, 11) is 3.94. The highest BCUT2D eigenvalue weighted by molar-refractivity contribution is 5.95. The molecule has 2 aromatic rings. The van der Waals surface area contributed by atoms with Crippen LogP contribution >= 0.6 is 0 Å². The minimum atomic E-state index is -0.206. The summed E-state index contributed by atoms with van der Waals surface area (Å²) in [4.78, 5) is 14.1. The summed E-state index contributed by atoms with van der Waals surface area (Å²) in [5.41, 5.74) is 6.87. The van der Waals surface area contributed by atoms with Gasteiger partial charge in [-0.3, -0.25) is 4.79 Å². The number of ether oxygens (including phenoxy) is 1. The van der Waals surface area contributed by atoms with E-state index in [1.54, 1.807) is 36.6 Å². The lowest BCUT2D eigenvalue weighted by molar-refractivity contribution is 0.0948. The van der Waals surface area contributed by atoms with Gasteiger partial charge in [-0.15, -0.1) is 0 Å². The fourth-order valence-electron chi connectivity index (χ4n) is 1.84. The molecule has 0 saturated carbocycles. The normalized spacial score (nSPS) is 10.7. The third-order valence-corrected chi connectivity index (χ3v) is 3.07. The van der Waals surface area contributed by atoms with Crippen molar-refractivity contribution in [1.29, 1.82) is 0 Å². The van der Waals surface area contributed by atoms with Gasteiger partial charge in [-0.25, -0.2) is 0 Å². The number of anilines is 1. The van der Waals surface area contributed by atoms with E-state index in [0.717, 1.165) is 6.54 Å². The van der Waals surface area contributed by atoms with Crippen LogP contribution in [-0.4, -0.2) is 38.1 Å². The summed E-state index contributed by atoms with van der Waals surface area (Å²) in [6, 6.07) is 8.60. The maximum Gasteiger partial charge on any atom is 0.251 e. The number of carbonyl (C=O) groups is 1. The summed E-state index contributed by atoms with van der Waals surface area (Å²) in [5.74, 6) is 1.08. The molecule has 6 nitrogen and oxygen atoms in total. The molecule has 0 aliphatic carbocycles. The van der Waals surface area contributed by atoms with Gasteiger partial charge in [0.2, 0.25) is 0 Å². The molecule has 6 heteroatoms. The highest BCUT2D eigenvalue weighted by Crippen LogP contribution is 2.22. The van der Waals surface area contributed by atoms with Crippen molar-refractivity contribution in [2.45, 2.75) is 6.54 Å². The molecule has 3 N–H and O–H groups in total. The second-order valence-corrected chi connectivity index (χ2v) is 5.17. The number of furan rings is 1. The highest BCUT2D eigenvalue weighted by atomic mass is 16.5. The Morgan fingerprint density at radius 3 is 2.82 bits per heavy atom. The molecule has 22 heavy (non-hydrogen) atoms. The van der Waals surface area contributed by atoms with E-state index >= 15 is 0 Å². The number of nitrogen functional groups attached to an aromatic ring is 1. The Kier molecular flexibility index (Phi) is 5.43. The van der Waals surface area contributed by atoms with Crippen molar-refractivity contribution >= 4 is 11.6 Å². The predicted octanol–water partition coefficient (Wildman–Crippen LogP) is 1.73. The van der Waals surface area contributed by atoms with Crippen LogP contribution in [0, 0.1) is 0 Å². The lowest BCUT2D eigenvalue weighted by Crippen LogP contribution is -2.23. The number of hydrogen-bond donors (Lipinski definition) is 2. The van der Waals surface area contributed by atoms with E-state index in [0.29, 0.717) is 35.9 Å². The van der Waals surface area contributed by atoms with Crippen LogP contribution in [0.5, 0.6) is 5.75 Å². The van der Waals surface area contributed by atoms with E-state index in [1.807, 2.05) is 19.0 Å². The van der Waals surface area contributed by atoms with Crippen LogP contribution in [0.25, 0.3) is 0 Å². The number of likely N-dealkylation sites (N-methyl/N-ethyl adjacent to an activating group) is 1. The molecule has 0 saturated heterocycles. The summed E-state index contributed by atoms with van der Waals surface area (Å²) in [6.07, 6.45) is 1.57. The molecule has 0 aliphatic rings. The van der Waals surface area contributed by atoms with Crippen LogP contribution in [0.15, 0.2) is 41.0 Å². The van der Waals surface area contributed by atoms with Gasteiger partial charge in [-0.2, -0.15) is 0 Å². The highest BCUT2D eigenvalue weighted by Gasteiger charge is 2.09. The van der Waals surface area contributed by atoms with Crippen LogP contribution < -0.4 is 15.8 Å². The topological polar surface area (TPSA) is 80.7 Å². The molecular weight excluding hydrogens is 282 g/mol. The summed E-state index contributed by atoms with van der Waals surface area (Å²) < 4.78 is 10.8. The Balaban J connectivity index is 1.91. The van der Waals surface area contributed by atoms with Gasteiger partial charge in [-0.05, 0) is 44.4 Å². The lowest BCUT2D eigenvalue weighted by atomic mass is 10.1. The van der Waals surface area contributed by atoms with Crippen LogP contribution in [0.3, 0.4) is 0 Å². The van der Waals surface area contributed by atoms with Crippen LogP contribution in [0.4, 0.5) is 5.69 Å². The van der Waals surface area contributed by atoms with Crippen molar-refractivity contribution in [2.24, 2.45) is 0 Å². The second kappa shape index (κ2) is 7.51. The van der Waals surface area contributed by atoms with Gasteiger partial charge in [0, 0.05) is 12.1 Å². The Hall–Kier alpha value is -2.47. The molecule has 0 radical (unpaired) electrons. The number of nitrogens with two attached hydrogens (primary N) is 1. The minimum Gasteiger partial charge on any atom is -0.490 e. The zero-order valence-electron chi connectivity index (χ0n) is 12.8.